The molecule has 6 nitrogen and oxygen atoms in total. The van der Waals surface area contributed by atoms with E-state index < -0.39 is 6.04 Å². The second-order valence-corrected chi connectivity index (χ2v) is 7.21. The lowest BCUT2D eigenvalue weighted by Gasteiger charge is -2.35. The predicted octanol–water partition coefficient (Wildman–Crippen LogP) is 1.20. The summed E-state index contributed by atoms with van der Waals surface area (Å²) in [5.74, 6) is -0.170. The van der Waals surface area contributed by atoms with Gasteiger partial charge in [0.1, 0.15) is 6.04 Å². The van der Waals surface area contributed by atoms with Crippen LogP contribution in [0.5, 0.6) is 0 Å². The molecular weight excluding hydrogens is 340 g/mol. The molecule has 2 aliphatic heterocycles. The SMILES string of the molecule is CC(C(=O)NC1CCN(c2ccccc2Cl)C1=O)N1CCN(C)CC1. The number of rotatable bonds is 4. The molecule has 0 saturated carbocycles. The summed E-state index contributed by atoms with van der Waals surface area (Å²) in [6, 6.07) is 6.59. The molecule has 1 aromatic carbocycles. The first-order chi connectivity index (χ1) is 12.0. The number of likely N-dealkylation sites (N-methyl/N-ethyl adjacent to an activating group) is 1. The molecule has 1 aromatic rings. The second kappa shape index (κ2) is 7.72. The van der Waals surface area contributed by atoms with Gasteiger partial charge in [0.2, 0.25) is 11.8 Å². The van der Waals surface area contributed by atoms with Crippen LogP contribution in [0.2, 0.25) is 5.02 Å². The van der Waals surface area contributed by atoms with E-state index >= 15 is 0 Å². The minimum atomic E-state index is -0.473. The van der Waals surface area contributed by atoms with Crippen molar-refractivity contribution in [3.63, 3.8) is 0 Å². The van der Waals surface area contributed by atoms with Crippen molar-refractivity contribution in [2.24, 2.45) is 0 Å². The van der Waals surface area contributed by atoms with Crippen LogP contribution in [-0.2, 0) is 9.59 Å². The van der Waals surface area contributed by atoms with E-state index in [1.54, 1.807) is 11.0 Å². The van der Waals surface area contributed by atoms with E-state index in [1.165, 1.54) is 0 Å². The average Bonchev–Trinajstić information content (AvgIpc) is 2.96. The zero-order chi connectivity index (χ0) is 18.0. The number of anilines is 1. The van der Waals surface area contributed by atoms with Crippen LogP contribution in [-0.4, -0.2) is 73.5 Å². The molecular formula is C18H25ClN4O2. The molecule has 2 amide bonds. The lowest BCUT2D eigenvalue weighted by molar-refractivity contribution is -0.130. The topological polar surface area (TPSA) is 55.9 Å². The minimum Gasteiger partial charge on any atom is -0.343 e. The molecule has 2 unspecified atom stereocenters. The summed E-state index contributed by atoms with van der Waals surface area (Å²) in [7, 11) is 2.09. The standard InChI is InChI=1S/C18H25ClN4O2/c1-13(22-11-9-21(2)10-12-22)17(24)20-15-7-8-23(18(15)25)16-6-4-3-5-14(16)19/h3-6,13,15H,7-12H2,1-2H3,(H,20,24). The maximum absolute atomic E-state index is 12.7. The van der Waals surface area contributed by atoms with Gasteiger partial charge in [-0.05, 0) is 32.5 Å². The van der Waals surface area contributed by atoms with Crippen molar-refractivity contribution >= 4 is 29.1 Å². The number of amides is 2. The Morgan fingerprint density at radius 1 is 1.20 bits per heavy atom. The molecule has 0 bridgehead atoms. The van der Waals surface area contributed by atoms with Crippen LogP contribution in [0.25, 0.3) is 0 Å². The molecule has 25 heavy (non-hydrogen) atoms. The summed E-state index contributed by atoms with van der Waals surface area (Å²) in [4.78, 5) is 31.3. The molecule has 0 aliphatic carbocycles. The lowest BCUT2D eigenvalue weighted by atomic mass is 10.2. The molecule has 0 aromatic heterocycles. The Kier molecular flexibility index (Phi) is 5.61. The largest absolute Gasteiger partial charge is 0.343 e. The van der Waals surface area contributed by atoms with Crippen LogP contribution in [0.15, 0.2) is 24.3 Å². The molecule has 2 aliphatic rings. The highest BCUT2D eigenvalue weighted by atomic mass is 35.5. The van der Waals surface area contributed by atoms with E-state index in [0.29, 0.717) is 23.7 Å². The summed E-state index contributed by atoms with van der Waals surface area (Å²) in [6.07, 6.45) is 0.602. The van der Waals surface area contributed by atoms with E-state index in [-0.39, 0.29) is 17.9 Å². The normalized spacial score (nSPS) is 23.7. The number of hydrogen-bond donors (Lipinski definition) is 1. The number of carbonyl (C=O) groups excluding carboxylic acids is 2. The lowest BCUT2D eigenvalue weighted by Crippen LogP contribution is -2.55. The molecule has 2 heterocycles. The zero-order valence-corrected chi connectivity index (χ0v) is 15.5. The molecule has 2 fully saturated rings. The molecule has 136 valence electrons. The van der Waals surface area contributed by atoms with Crippen LogP contribution in [0.3, 0.4) is 0 Å². The Labute approximate surface area is 153 Å². The summed E-state index contributed by atoms with van der Waals surface area (Å²) in [6.45, 7) is 6.13. The molecule has 0 radical (unpaired) electrons. The fraction of sp³-hybridized carbons (Fsp3) is 0.556. The average molecular weight is 365 g/mol. The van der Waals surface area contributed by atoms with Crippen molar-refractivity contribution < 1.29 is 9.59 Å². The highest BCUT2D eigenvalue weighted by molar-refractivity contribution is 6.34. The van der Waals surface area contributed by atoms with Gasteiger partial charge in [0, 0.05) is 32.7 Å². The van der Waals surface area contributed by atoms with E-state index in [0.717, 1.165) is 26.2 Å². The Hall–Kier alpha value is -1.63. The number of nitrogens with one attached hydrogen (secondary N) is 1. The van der Waals surface area contributed by atoms with Gasteiger partial charge in [-0.15, -0.1) is 0 Å². The highest BCUT2D eigenvalue weighted by Crippen LogP contribution is 2.29. The van der Waals surface area contributed by atoms with Gasteiger partial charge in [-0.2, -0.15) is 0 Å². The maximum atomic E-state index is 12.7. The smallest absolute Gasteiger partial charge is 0.249 e. The molecule has 3 rings (SSSR count). The number of carbonyl (C=O) groups is 2. The van der Waals surface area contributed by atoms with Crippen molar-refractivity contribution in [2.45, 2.75) is 25.4 Å². The fourth-order valence-electron chi connectivity index (χ4n) is 3.39. The van der Waals surface area contributed by atoms with Crippen molar-refractivity contribution in [3.8, 4) is 0 Å². The van der Waals surface area contributed by atoms with Gasteiger partial charge < -0.3 is 15.1 Å². The van der Waals surface area contributed by atoms with Gasteiger partial charge in [-0.3, -0.25) is 14.5 Å². The quantitative estimate of drug-likeness (QED) is 0.872. The first-order valence-corrected chi connectivity index (χ1v) is 9.14. The number of benzene rings is 1. The van der Waals surface area contributed by atoms with Crippen LogP contribution in [0.4, 0.5) is 5.69 Å². The van der Waals surface area contributed by atoms with Gasteiger partial charge in [0.15, 0.2) is 0 Å². The molecule has 7 heteroatoms. The maximum Gasteiger partial charge on any atom is 0.249 e. The van der Waals surface area contributed by atoms with E-state index in [2.05, 4.69) is 22.2 Å². The molecule has 2 atom stereocenters. The number of para-hydroxylation sites is 1. The third kappa shape index (κ3) is 3.97. The summed E-state index contributed by atoms with van der Waals surface area (Å²) < 4.78 is 0. The zero-order valence-electron chi connectivity index (χ0n) is 14.7. The Bertz CT molecular complexity index is 646. The summed E-state index contributed by atoms with van der Waals surface area (Å²) in [5.41, 5.74) is 0.707. The Morgan fingerprint density at radius 2 is 1.88 bits per heavy atom. The first kappa shape index (κ1) is 18.2. The third-order valence-corrected chi connectivity index (χ3v) is 5.45. The number of piperazine rings is 1. The van der Waals surface area contributed by atoms with Gasteiger partial charge in [0.25, 0.3) is 0 Å². The van der Waals surface area contributed by atoms with Crippen molar-refractivity contribution in [1.82, 2.24) is 15.1 Å². The van der Waals surface area contributed by atoms with Crippen molar-refractivity contribution in [3.05, 3.63) is 29.3 Å². The third-order valence-electron chi connectivity index (χ3n) is 5.13. The van der Waals surface area contributed by atoms with E-state index in [1.807, 2.05) is 25.1 Å². The van der Waals surface area contributed by atoms with Gasteiger partial charge in [-0.1, -0.05) is 23.7 Å². The van der Waals surface area contributed by atoms with Crippen LogP contribution in [0, 0.1) is 0 Å². The fourth-order valence-corrected chi connectivity index (χ4v) is 3.63. The molecule has 2 saturated heterocycles. The number of hydrogen-bond acceptors (Lipinski definition) is 4. The Balaban J connectivity index is 1.59. The monoisotopic (exact) mass is 364 g/mol. The minimum absolute atomic E-state index is 0.0797. The van der Waals surface area contributed by atoms with Crippen LogP contribution < -0.4 is 10.2 Å². The molecule has 0 spiro atoms. The van der Waals surface area contributed by atoms with Crippen molar-refractivity contribution in [1.29, 1.82) is 0 Å². The summed E-state index contributed by atoms with van der Waals surface area (Å²) >= 11 is 6.19. The van der Waals surface area contributed by atoms with Crippen LogP contribution in [0.1, 0.15) is 13.3 Å². The Morgan fingerprint density at radius 3 is 2.56 bits per heavy atom. The first-order valence-electron chi connectivity index (χ1n) is 8.76. The van der Waals surface area contributed by atoms with E-state index in [4.69, 9.17) is 11.6 Å². The van der Waals surface area contributed by atoms with Crippen LogP contribution >= 0.6 is 11.6 Å². The van der Waals surface area contributed by atoms with Gasteiger partial charge in [0.05, 0.1) is 16.8 Å². The number of nitrogens with zero attached hydrogens (tertiary/aromatic N) is 3. The van der Waals surface area contributed by atoms with Gasteiger partial charge >= 0.3 is 0 Å². The predicted molar refractivity (Wildman–Crippen MR) is 98.9 cm³/mol. The number of halogens is 1. The second-order valence-electron chi connectivity index (χ2n) is 6.81. The highest BCUT2D eigenvalue weighted by Gasteiger charge is 2.36. The summed E-state index contributed by atoms with van der Waals surface area (Å²) in [5, 5.41) is 3.48. The molecule has 1 N–H and O–H groups in total. The van der Waals surface area contributed by atoms with Crippen molar-refractivity contribution in [2.75, 3.05) is 44.7 Å². The van der Waals surface area contributed by atoms with Gasteiger partial charge in [-0.25, -0.2) is 0 Å². The van der Waals surface area contributed by atoms with E-state index in [9.17, 15) is 9.59 Å².